The van der Waals surface area contributed by atoms with E-state index in [0.717, 1.165) is 12.3 Å². The van der Waals surface area contributed by atoms with E-state index in [4.69, 9.17) is 21.1 Å². The number of carbonyl (C=O) groups is 2. The summed E-state index contributed by atoms with van der Waals surface area (Å²) in [5.41, 5.74) is 0.269. The van der Waals surface area contributed by atoms with Gasteiger partial charge in [0.15, 0.2) is 0 Å². The van der Waals surface area contributed by atoms with Gasteiger partial charge in [-0.2, -0.15) is 5.10 Å². The Morgan fingerprint density at radius 3 is 2.42 bits per heavy atom. The van der Waals surface area contributed by atoms with Crippen LogP contribution in [0.3, 0.4) is 0 Å². The number of morpholine rings is 1. The highest BCUT2D eigenvalue weighted by molar-refractivity contribution is 6.30. The fourth-order valence-corrected chi connectivity index (χ4v) is 4.52. The predicted molar refractivity (Wildman–Crippen MR) is 124 cm³/mol. The van der Waals surface area contributed by atoms with Crippen LogP contribution in [-0.4, -0.2) is 77.4 Å². The van der Waals surface area contributed by atoms with E-state index in [1.807, 2.05) is 28.9 Å². The molecule has 0 atom stereocenters. The van der Waals surface area contributed by atoms with Gasteiger partial charge in [-0.05, 0) is 44.0 Å². The molecule has 2 amide bonds. The Labute approximate surface area is 199 Å². The van der Waals surface area contributed by atoms with Gasteiger partial charge in [0.05, 0.1) is 31.6 Å². The molecule has 2 aliphatic rings. The highest BCUT2D eigenvalue weighted by Gasteiger charge is 2.40. The van der Waals surface area contributed by atoms with E-state index in [0.29, 0.717) is 75.8 Å². The first-order valence-electron chi connectivity index (χ1n) is 11.5. The molecule has 0 unspecified atom stereocenters. The van der Waals surface area contributed by atoms with Crippen LogP contribution in [0, 0.1) is 5.41 Å². The highest BCUT2D eigenvalue weighted by atomic mass is 35.5. The molecule has 2 saturated heterocycles. The van der Waals surface area contributed by atoms with Crippen molar-refractivity contribution in [3.05, 3.63) is 47.2 Å². The topological polar surface area (TPSA) is 76.9 Å². The van der Waals surface area contributed by atoms with Crippen molar-refractivity contribution in [2.45, 2.75) is 32.7 Å². The molecule has 1 aromatic carbocycles. The molecule has 178 valence electrons. The molecular formula is C24H31ClN4O4. The van der Waals surface area contributed by atoms with Gasteiger partial charge in [0.25, 0.3) is 5.91 Å². The molecule has 9 heteroatoms. The highest BCUT2D eigenvalue weighted by Crippen LogP contribution is 2.37. The molecule has 2 fully saturated rings. The average molecular weight is 475 g/mol. The van der Waals surface area contributed by atoms with E-state index in [9.17, 15) is 9.59 Å². The molecule has 0 N–H and O–H groups in total. The van der Waals surface area contributed by atoms with Gasteiger partial charge >= 0.3 is 0 Å². The minimum absolute atomic E-state index is 0.0126. The van der Waals surface area contributed by atoms with Gasteiger partial charge in [-0.15, -0.1) is 0 Å². The summed E-state index contributed by atoms with van der Waals surface area (Å²) in [5.74, 6) is 0.839. The summed E-state index contributed by atoms with van der Waals surface area (Å²) in [5, 5.41) is 4.87. The fourth-order valence-electron chi connectivity index (χ4n) is 4.40. The second-order valence-electron chi connectivity index (χ2n) is 8.79. The van der Waals surface area contributed by atoms with Gasteiger partial charge in [-0.1, -0.05) is 11.6 Å². The normalized spacial score (nSPS) is 18.2. The maximum absolute atomic E-state index is 13.1. The van der Waals surface area contributed by atoms with Gasteiger partial charge in [0, 0.05) is 55.8 Å². The van der Waals surface area contributed by atoms with E-state index in [1.54, 1.807) is 29.2 Å². The molecule has 0 saturated carbocycles. The van der Waals surface area contributed by atoms with Crippen LogP contribution < -0.4 is 4.74 Å². The van der Waals surface area contributed by atoms with Crippen molar-refractivity contribution in [2.75, 3.05) is 46.0 Å². The summed E-state index contributed by atoms with van der Waals surface area (Å²) in [6.45, 7) is 6.69. The number of likely N-dealkylation sites (tertiary alicyclic amines) is 1. The molecule has 0 spiro atoms. The van der Waals surface area contributed by atoms with Crippen LogP contribution >= 0.6 is 11.6 Å². The maximum atomic E-state index is 13.1. The monoisotopic (exact) mass is 474 g/mol. The molecule has 1 aromatic heterocycles. The van der Waals surface area contributed by atoms with Crippen LogP contribution in [-0.2, 0) is 16.1 Å². The van der Waals surface area contributed by atoms with Crippen molar-refractivity contribution < 1.29 is 19.1 Å². The van der Waals surface area contributed by atoms with E-state index >= 15 is 0 Å². The number of benzene rings is 1. The molecule has 0 bridgehead atoms. The third kappa shape index (κ3) is 5.86. The molecule has 2 aliphatic heterocycles. The van der Waals surface area contributed by atoms with E-state index < -0.39 is 0 Å². The number of ether oxygens (including phenoxy) is 2. The van der Waals surface area contributed by atoms with Crippen LogP contribution in [0.2, 0.25) is 5.02 Å². The summed E-state index contributed by atoms with van der Waals surface area (Å²) in [6, 6.07) is 7.26. The number of hydrogen-bond donors (Lipinski definition) is 0. The summed E-state index contributed by atoms with van der Waals surface area (Å²) in [6.07, 6.45) is 5.21. The lowest BCUT2D eigenvalue weighted by Gasteiger charge is -2.42. The lowest BCUT2D eigenvalue weighted by molar-refractivity contribution is -0.139. The smallest absolute Gasteiger partial charge is 0.257 e. The number of aromatic nitrogens is 2. The molecular weight excluding hydrogens is 444 g/mol. The standard InChI is InChI=1S/C24H31ClN4O4/c1-2-29-17-19(16-26-29)23(31)28-9-7-24(8-10-28,15-22(30)27-11-13-32-14-12-27)18-33-21-5-3-20(25)4-6-21/h3-6,16-17H,2,7-15,18H2,1H3. The Morgan fingerprint density at radius 1 is 1.09 bits per heavy atom. The van der Waals surface area contributed by atoms with E-state index in [-0.39, 0.29) is 17.2 Å². The summed E-state index contributed by atoms with van der Waals surface area (Å²) < 4.78 is 13.3. The first-order chi connectivity index (χ1) is 16.0. The maximum Gasteiger partial charge on any atom is 0.257 e. The van der Waals surface area contributed by atoms with Crippen molar-refractivity contribution in [1.82, 2.24) is 19.6 Å². The lowest BCUT2D eigenvalue weighted by atomic mass is 9.75. The van der Waals surface area contributed by atoms with Crippen molar-refractivity contribution in [3.8, 4) is 5.75 Å². The largest absolute Gasteiger partial charge is 0.493 e. The zero-order valence-electron chi connectivity index (χ0n) is 19.0. The Hall–Kier alpha value is -2.58. The number of hydrogen-bond acceptors (Lipinski definition) is 5. The number of nitrogens with zero attached hydrogens (tertiary/aromatic N) is 4. The van der Waals surface area contributed by atoms with Crippen LogP contribution in [0.15, 0.2) is 36.7 Å². The Kier molecular flexibility index (Phi) is 7.55. The number of aryl methyl sites for hydroxylation is 1. The average Bonchev–Trinajstić information content (AvgIpc) is 3.34. The second-order valence-corrected chi connectivity index (χ2v) is 9.23. The SMILES string of the molecule is CCn1cc(C(=O)N2CCC(COc3ccc(Cl)cc3)(CC(=O)N3CCOCC3)CC2)cn1. The van der Waals surface area contributed by atoms with Gasteiger partial charge < -0.3 is 19.3 Å². The third-order valence-corrected chi connectivity index (χ3v) is 6.82. The van der Waals surface area contributed by atoms with Crippen LogP contribution in [0.4, 0.5) is 0 Å². The molecule has 4 rings (SSSR count). The summed E-state index contributed by atoms with van der Waals surface area (Å²) in [7, 11) is 0. The predicted octanol–water partition coefficient (Wildman–Crippen LogP) is 3.11. The van der Waals surface area contributed by atoms with Gasteiger partial charge in [0.2, 0.25) is 5.91 Å². The van der Waals surface area contributed by atoms with Gasteiger partial charge in [-0.3, -0.25) is 14.3 Å². The Bertz CT molecular complexity index is 948. The van der Waals surface area contributed by atoms with Crippen molar-refractivity contribution in [2.24, 2.45) is 5.41 Å². The van der Waals surface area contributed by atoms with Crippen molar-refractivity contribution in [3.63, 3.8) is 0 Å². The van der Waals surface area contributed by atoms with Crippen molar-refractivity contribution in [1.29, 1.82) is 0 Å². The molecule has 0 radical (unpaired) electrons. The summed E-state index contributed by atoms with van der Waals surface area (Å²) >= 11 is 5.99. The Morgan fingerprint density at radius 2 is 1.79 bits per heavy atom. The number of amides is 2. The number of piperidine rings is 1. The Balaban J connectivity index is 1.43. The van der Waals surface area contributed by atoms with E-state index in [1.165, 1.54) is 0 Å². The van der Waals surface area contributed by atoms with E-state index in [2.05, 4.69) is 5.10 Å². The van der Waals surface area contributed by atoms with Crippen molar-refractivity contribution >= 4 is 23.4 Å². The minimum Gasteiger partial charge on any atom is -0.493 e. The lowest BCUT2D eigenvalue weighted by Crippen LogP contribution is -2.49. The molecule has 0 aliphatic carbocycles. The van der Waals surface area contributed by atoms with Crippen LogP contribution in [0.25, 0.3) is 0 Å². The number of carbonyl (C=O) groups excluding carboxylic acids is 2. The molecule has 33 heavy (non-hydrogen) atoms. The number of halogens is 1. The van der Waals surface area contributed by atoms with Gasteiger partial charge in [0.1, 0.15) is 5.75 Å². The zero-order chi connectivity index (χ0) is 23.3. The quantitative estimate of drug-likeness (QED) is 0.616. The van der Waals surface area contributed by atoms with Gasteiger partial charge in [-0.25, -0.2) is 0 Å². The zero-order valence-corrected chi connectivity index (χ0v) is 19.8. The number of rotatable bonds is 7. The molecule has 8 nitrogen and oxygen atoms in total. The fraction of sp³-hybridized carbons (Fsp3) is 0.542. The molecule has 2 aromatic rings. The minimum atomic E-state index is -0.334. The summed E-state index contributed by atoms with van der Waals surface area (Å²) in [4.78, 5) is 29.8. The second kappa shape index (κ2) is 10.6. The first-order valence-corrected chi connectivity index (χ1v) is 11.9. The van der Waals surface area contributed by atoms with Crippen LogP contribution in [0.5, 0.6) is 5.75 Å². The molecule has 3 heterocycles. The first kappa shape index (κ1) is 23.6. The van der Waals surface area contributed by atoms with Crippen LogP contribution in [0.1, 0.15) is 36.5 Å². The third-order valence-electron chi connectivity index (χ3n) is 6.56.